The average molecular weight is 374 g/mol. The van der Waals surface area contributed by atoms with Gasteiger partial charge in [0.25, 0.3) is 0 Å². The van der Waals surface area contributed by atoms with Crippen LogP contribution in [-0.4, -0.2) is 28.5 Å². The molecule has 134 valence electrons. The second kappa shape index (κ2) is 6.28. The van der Waals surface area contributed by atoms with Gasteiger partial charge >= 0.3 is 0 Å². The molecule has 1 unspecified atom stereocenters. The molecule has 2 aromatic heterocycles. The third-order valence-corrected chi connectivity index (χ3v) is 5.44. The molecule has 0 aliphatic carbocycles. The van der Waals surface area contributed by atoms with Crippen LogP contribution in [0.2, 0.25) is 0 Å². The van der Waals surface area contributed by atoms with Gasteiger partial charge in [-0.05, 0) is 43.3 Å². The van der Waals surface area contributed by atoms with Gasteiger partial charge < -0.3 is 10.2 Å². The molecular formula is C18H16F2N4OS. The normalized spacial score (nSPS) is 17.3. The van der Waals surface area contributed by atoms with Crippen molar-refractivity contribution in [2.24, 2.45) is 0 Å². The maximum Gasteiger partial charge on any atom is 0.249 e. The molecule has 1 atom stereocenters. The Morgan fingerprint density at radius 3 is 2.69 bits per heavy atom. The number of fused-ring (bicyclic) bond motifs is 1. The van der Waals surface area contributed by atoms with E-state index in [0.29, 0.717) is 18.1 Å². The average Bonchev–Trinajstić information content (AvgIpc) is 3.12. The number of carbonyl (C=O) groups excluding carboxylic acids is 1. The van der Waals surface area contributed by atoms with E-state index in [2.05, 4.69) is 15.3 Å². The van der Waals surface area contributed by atoms with Crippen LogP contribution in [0.1, 0.15) is 17.8 Å². The number of hydrogen-bond donors (Lipinski definition) is 1. The number of anilines is 2. The van der Waals surface area contributed by atoms with Crippen LogP contribution in [0.3, 0.4) is 0 Å². The van der Waals surface area contributed by atoms with E-state index in [1.54, 1.807) is 6.92 Å². The highest BCUT2D eigenvalue weighted by Crippen LogP contribution is 2.32. The molecule has 1 amide bonds. The lowest BCUT2D eigenvalue weighted by molar-refractivity contribution is -0.117. The largest absolute Gasteiger partial charge is 0.358 e. The molecule has 8 heteroatoms. The molecule has 3 aromatic rings. The van der Waals surface area contributed by atoms with Crippen LogP contribution in [0.5, 0.6) is 0 Å². The summed E-state index contributed by atoms with van der Waals surface area (Å²) >= 11 is 1.52. The Kier molecular flexibility index (Phi) is 4.07. The molecule has 0 spiro atoms. The first-order chi connectivity index (χ1) is 12.5. The Morgan fingerprint density at radius 1 is 1.23 bits per heavy atom. The zero-order valence-corrected chi connectivity index (χ0v) is 15.0. The van der Waals surface area contributed by atoms with Crippen molar-refractivity contribution in [3.05, 3.63) is 46.6 Å². The number of rotatable bonds is 3. The lowest BCUT2D eigenvalue weighted by atomic mass is 10.2. The van der Waals surface area contributed by atoms with Gasteiger partial charge in [-0.3, -0.25) is 4.79 Å². The predicted molar refractivity (Wildman–Crippen MR) is 97.6 cm³/mol. The SMILES string of the molecule is Cc1nc(NC2CCN(c3c(F)cccc3F)C2=O)c2c(C)csc2n1. The van der Waals surface area contributed by atoms with Gasteiger partial charge in [-0.15, -0.1) is 11.3 Å². The van der Waals surface area contributed by atoms with Gasteiger partial charge in [0, 0.05) is 6.54 Å². The number of thiophene rings is 1. The number of carbonyl (C=O) groups is 1. The van der Waals surface area contributed by atoms with Crippen molar-refractivity contribution in [2.75, 3.05) is 16.8 Å². The lowest BCUT2D eigenvalue weighted by Gasteiger charge is -2.19. The van der Waals surface area contributed by atoms with E-state index in [4.69, 9.17) is 0 Å². The van der Waals surface area contributed by atoms with Crippen LogP contribution in [0, 0.1) is 25.5 Å². The van der Waals surface area contributed by atoms with Crippen LogP contribution in [0.15, 0.2) is 23.6 Å². The molecule has 5 nitrogen and oxygen atoms in total. The smallest absolute Gasteiger partial charge is 0.249 e. The van der Waals surface area contributed by atoms with E-state index in [1.165, 1.54) is 17.4 Å². The summed E-state index contributed by atoms with van der Waals surface area (Å²) in [6.45, 7) is 3.99. The van der Waals surface area contributed by atoms with E-state index in [9.17, 15) is 13.6 Å². The number of halogens is 2. The van der Waals surface area contributed by atoms with Crippen molar-refractivity contribution in [3.8, 4) is 0 Å². The number of hydrogen-bond acceptors (Lipinski definition) is 5. The summed E-state index contributed by atoms with van der Waals surface area (Å²) in [5, 5.41) is 6.03. The summed E-state index contributed by atoms with van der Waals surface area (Å²) in [6.07, 6.45) is 0.431. The molecule has 1 aliphatic rings. The van der Waals surface area contributed by atoms with Crippen LogP contribution in [-0.2, 0) is 4.79 Å². The maximum atomic E-state index is 14.0. The Hall–Kier alpha value is -2.61. The van der Waals surface area contributed by atoms with Crippen molar-refractivity contribution in [3.63, 3.8) is 0 Å². The minimum absolute atomic E-state index is 0.240. The molecule has 0 radical (unpaired) electrons. The van der Waals surface area contributed by atoms with Gasteiger partial charge in [0.15, 0.2) is 0 Å². The Balaban J connectivity index is 1.65. The van der Waals surface area contributed by atoms with Crippen molar-refractivity contribution in [2.45, 2.75) is 26.3 Å². The Bertz CT molecular complexity index is 1000. The molecule has 1 fully saturated rings. The summed E-state index contributed by atoms with van der Waals surface area (Å²) in [4.78, 5) is 23.6. The first-order valence-corrected chi connectivity index (χ1v) is 9.08. The summed E-state index contributed by atoms with van der Waals surface area (Å²) in [5.41, 5.74) is 0.729. The van der Waals surface area contributed by atoms with Gasteiger partial charge in [-0.1, -0.05) is 6.07 Å². The molecule has 3 heterocycles. The standard InChI is InChI=1S/C18H16F2N4OS/c1-9-8-26-17-14(9)16(21-10(2)22-17)23-13-6-7-24(18(13)25)15-11(19)4-3-5-12(15)20/h3-5,8,13H,6-7H2,1-2H3,(H,21,22,23). The van der Waals surface area contributed by atoms with Crippen LogP contribution < -0.4 is 10.2 Å². The van der Waals surface area contributed by atoms with Gasteiger partial charge in [-0.25, -0.2) is 18.7 Å². The maximum absolute atomic E-state index is 14.0. The highest BCUT2D eigenvalue weighted by atomic mass is 32.1. The monoisotopic (exact) mass is 374 g/mol. The van der Waals surface area contributed by atoms with Gasteiger partial charge in [-0.2, -0.15) is 0 Å². The third kappa shape index (κ3) is 2.70. The molecule has 1 aromatic carbocycles. The fourth-order valence-electron chi connectivity index (χ4n) is 3.24. The minimum atomic E-state index is -0.743. The second-order valence-corrected chi connectivity index (χ2v) is 7.12. The Labute approximate surface area is 152 Å². The number of aryl methyl sites for hydroxylation is 2. The molecule has 26 heavy (non-hydrogen) atoms. The summed E-state index contributed by atoms with van der Waals surface area (Å²) in [5.74, 6) is -0.669. The van der Waals surface area contributed by atoms with E-state index in [1.807, 2.05) is 12.3 Å². The van der Waals surface area contributed by atoms with Crippen molar-refractivity contribution in [1.82, 2.24) is 9.97 Å². The van der Waals surface area contributed by atoms with Gasteiger partial charge in [0.2, 0.25) is 5.91 Å². The molecule has 0 saturated carbocycles. The molecule has 1 saturated heterocycles. The summed E-state index contributed by atoms with van der Waals surface area (Å²) < 4.78 is 28.1. The van der Waals surface area contributed by atoms with E-state index >= 15 is 0 Å². The predicted octanol–water partition coefficient (Wildman–Crippen LogP) is 3.80. The fraction of sp³-hybridized carbons (Fsp3) is 0.278. The highest BCUT2D eigenvalue weighted by molar-refractivity contribution is 7.17. The lowest BCUT2D eigenvalue weighted by Crippen LogP contribution is -2.34. The van der Waals surface area contributed by atoms with Crippen LogP contribution in [0.4, 0.5) is 20.3 Å². The summed E-state index contributed by atoms with van der Waals surface area (Å²) in [7, 11) is 0. The van der Waals surface area contributed by atoms with Crippen molar-refractivity contribution >= 4 is 39.0 Å². The fourth-order valence-corrected chi connectivity index (χ4v) is 4.21. The zero-order chi connectivity index (χ0) is 18.4. The molecule has 0 bridgehead atoms. The molecule has 4 rings (SSSR count). The van der Waals surface area contributed by atoms with Gasteiger partial charge in [0.1, 0.15) is 39.8 Å². The third-order valence-electron chi connectivity index (χ3n) is 4.45. The van der Waals surface area contributed by atoms with E-state index in [-0.39, 0.29) is 18.1 Å². The number of nitrogens with zero attached hydrogens (tertiary/aromatic N) is 3. The first-order valence-electron chi connectivity index (χ1n) is 8.20. The molecule has 1 N–H and O–H groups in total. The quantitative estimate of drug-likeness (QED) is 0.758. The highest BCUT2D eigenvalue weighted by Gasteiger charge is 2.36. The number of benzene rings is 1. The number of amides is 1. The minimum Gasteiger partial charge on any atom is -0.358 e. The topological polar surface area (TPSA) is 58.1 Å². The second-order valence-electron chi connectivity index (χ2n) is 6.26. The zero-order valence-electron chi connectivity index (χ0n) is 14.2. The first kappa shape index (κ1) is 16.8. The number of aromatic nitrogens is 2. The number of para-hydroxylation sites is 1. The van der Waals surface area contributed by atoms with Crippen molar-refractivity contribution < 1.29 is 13.6 Å². The summed E-state index contributed by atoms with van der Waals surface area (Å²) in [6, 6.07) is 2.99. The van der Waals surface area contributed by atoms with Crippen molar-refractivity contribution in [1.29, 1.82) is 0 Å². The van der Waals surface area contributed by atoms with E-state index < -0.39 is 17.7 Å². The Morgan fingerprint density at radius 2 is 1.96 bits per heavy atom. The molecule has 1 aliphatic heterocycles. The molecular weight excluding hydrogens is 358 g/mol. The van der Waals surface area contributed by atoms with Crippen LogP contribution in [0.25, 0.3) is 10.2 Å². The van der Waals surface area contributed by atoms with E-state index in [0.717, 1.165) is 32.8 Å². The number of nitrogens with one attached hydrogen (secondary N) is 1. The van der Waals surface area contributed by atoms with Crippen LogP contribution >= 0.6 is 11.3 Å². The van der Waals surface area contributed by atoms with Gasteiger partial charge in [0.05, 0.1) is 5.39 Å².